The van der Waals surface area contributed by atoms with Crippen LogP contribution >= 0.6 is 0 Å². The molecule has 3 nitrogen and oxygen atoms in total. The first-order valence-corrected chi connectivity index (χ1v) is 7.00. The lowest BCUT2D eigenvalue weighted by atomic mass is 9.90. The van der Waals surface area contributed by atoms with E-state index in [2.05, 4.69) is 19.2 Å². The van der Waals surface area contributed by atoms with Crippen molar-refractivity contribution >= 4 is 5.97 Å². The van der Waals surface area contributed by atoms with E-state index in [-0.39, 0.29) is 12.1 Å². The van der Waals surface area contributed by atoms with Crippen LogP contribution in [0.2, 0.25) is 0 Å². The van der Waals surface area contributed by atoms with E-state index in [0.717, 1.165) is 12.8 Å². The van der Waals surface area contributed by atoms with Crippen molar-refractivity contribution < 1.29 is 9.53 Å². The Hall–Kier alpha value is -0.570. The molecule has 0 aliphatic carbocycles. The zero-order chi connectivity index (χ0) is 12.4. The number of hydrogen-bond acceptors (Lipinski definition) is 3. The van der Waals surface area contributed by atoms with Gasteiger partial charge < -0.3 is 10.1 Å². The summed E-state index contributed by atoms with van der Waals surface area (Å²) in [5.41, 5.74) is 0. The Labute approximate surface area is 104 Å². The second kappa shape index (κ2) is 5.38. The fraction of sp³-hybridized carbons (Fsp3) is 0.929. The van der Waals surface area contributed by atoms with Crippen molar-refractivity contribution in [1.29, 1.82) is 0 Å². The predicted molar refractivity (Wildman–Crippen MR) is 67.7 cm³/mol. The second-order valence-corrected chi connectivity index (χ2v) is 6.12. The third-order valence-corrected chi connectivity index (χ3v) is 4.28. The molecule has 2 heterocycles. The molecule has 2 fully saturated rings. The zero-order valence-corrected chi connectivity index (χ0v) is 11.2. The van der Waals surface area contributed by atoms with E-state index >= 15 is 0 Å². The van der Waals surface area contributed by atoms with Crippen LogP contribution in [0.5, 0.6) is 0 Å². The third-order valence-electron chi connectivity index (χ3n) is 4.28. The molecule has 0 radical (unpaired) electrons. The summed E-state index contributed by atoms with van der Waals surface area (Å²) >= 11 is 0. The molecule has 17 heavy (non-hydrogen) atoms. The van der Waals surface area contributed by atoms with Gasteiger partial charge in [-0.2, -0.15) is 0 Å². The Balaban J connectivity index is 1.75. The van der Waals surface area contributed by atoms with Gasteiger partial charge in [-0.3, -0.25) is 4.79 Å². The summed E-state index contributed by atoms with van der Waals surface area (Å²) in [6.07, 6.45) is 5.55. The lowest BCUT2D eigenvalue weighted by Crippen LogP contribution is -2.39. The minimum absolute atomic E-state index is 0.00231. The molecule has 2 aliphatic heterocycles. The van der Waals surface area contributed by atoms with Crippen molar-refractivity contribution in [2.45, 2.75) is 71.1 Å². The van der Waals surface area contributed by atoms with Gasteiger partial charge in [0.05, 0.1) is 0 Å². The van der Waals surface area contributed by atoms with Crippen molar-refractivity contribution in [3.05, 3.63) is 0 Å². The summed E-state index contributed by atoms with van der Waals surface area (Å²) in [6, 6.07) is 1.32. The first-order valence-electron chi connectivity index (χ1n) is 7.00. The molecule has 0 amide bonds. The molecule has 98 valence electrons. The number of esters is 1. The quantitative estimate of drug-likeness (QED) is 0.766. The number of nitrogens with one attached hydrogen (secondary N) is 1. The Morgan fingerprint density at radius 1 is 1.24 bits per heavy atom. The van der Waals surface area contributed by atoms with E-state index in [1.807, 2.05) is 6.92 Å². The Morgan fingerprint density at radius 3 is 2.35 bits per heavy atom. The molecule has 0 spiro atoms. The van der Waals surface area contributed by atoms with Crippen LogP contribution in [0.4, 0.5) is 0 Å². The number of fused-ring (bicyclic) bond motifs is 2. The van der Waals surface area contributed by atoms with Crippen LogP contribution in [0, 0.1) is 11.8 Å². The van der Waals surface area contributed by atoms with Crippen molar-refractivity contribution in [2.24, 2.45) is 11.8 Å². The minimum atomic E-state index is -0.00231. The number of carbonyl (C=O) groups excluding carboxylic acids is 1. The van der Waals surface area contributed by atoms with E-state index in [1.165, 1.54) is 12.8 Å². The van der Waals surface area contributed by atoms with Gasteiger partial charge in [-0.05, 0) is 44.4 Å². The first kappa shape index (κ1) is 12.9. The SMILES string of the molecule is CC(C)C(C)OC(=O)CC1CC2CCC(C1)N2. The lowest BCUT2D eigenvalue weighted by Gasteiger charge is -2.29. The van der Waals surface area contributed by atoms with Gasteiger partial charge in [0, 0.05) is 18.5 Å². The predicted octanol–water partition coefficient (Wildman–Crippen LogP) is 2.49. The molecule has 3 atom stereocenters. The van der Waals surface area contributed by atoms with Crippen LogP contribution in [0.15, 0.2) is 0 Å². The number of rotatable bonds is 4. The largest absolute Gasteiger partial charge is 0.462 e. The summed E-state index contributed by atoms with van der Waals surface area (Å²) < 4.78 is 5.45. The lowest BCUT2D eigenvalue weighted by molar-refractivity contribution is -0.151. The number of hydrogen-bond donors (Lipinski definition) is 1. The van der Waals surface area contributed by atoms with Gasteiger partial charge in [0.1, 0.15) is 6.10 Å². The van der Waals surface area contributed by atoms with Gasteiger partial charge in [0.25, 0.3) is 0 Å². The smallest absolute Gasteiger partial charge is 0.306 e. The molecule has 0 aromatic rings. The third kappa shape index (κ3) is 3.44. The maximum absolute atomic E-state index is 11.8. The molecule has 3 heteroatoms. The van der Waals surface area contributed by atoms with Crippen molar-refractivity contribution in [3.63, 3.8) is 0 Å². The highest BCUT2D eigenvalue weighted by Crippen LogP contribution is 2.32. The van der Waals surface area contributed by atoms with E-state index in [4.69, 9.17) is 4.74 Å². The summed E-state index contributed by atoms with van der Waals surface area (Å²) in [4.78, 5) is 11.8. The maximum Gasteiger partial charge on any atom is 0.306 e. The van der Waals surface area contributed by atoms with Crippen LogP contribution in [0.3, 0.4) is 0 Å². The normalized spacial score (nSPS) is 33.8. The van der Waals surface area contributed by atoms with Crippen LogP contribution in [-0.2, 0) is 9.53 Å². The molecule has 2 saturated heterocycles. The summed E-state index contributed by atoms with van der Waals surface area (Å²) in [5.74, 6) is 0.946. The standard InChI is InChI=1S/C14H25NO2/c1-9(2)10(3)17-14(16)8-11-6-12-4-5-13(7-11)15-12/h9-13,15H,4-8H2,1-3H3. The Morgan fingerprint density at radius 2 is 1.82 bits per heavy atom. The highest BCUT2D eigenvalue weighted by molar-refractivity contribution is 5.69. The highest BCUT2D eigenvalue weighted by atomic mass is 16.5. The zero-order valence-electron chi connectivity index (χ0n) is 11.2. The van der Waals surface area contributed by atoms with Crippen LogP contribution in [-0.4, -0.2) is 24.2 Å². The second-order valence-electron chi connectivity index (χ2n) is 6.12. The molecule has 2 aliphatic rings. The van der Waals surface area contributed by atoms with Gasteiger partial charge >= 0.3 is 5.97 Å². The first-order chi connectivity index (χ1) is 8.04. The fourth-order valence-electron chi connectivity index (χ4n) is 2.97. The molecule has 1 N–H and O–H groups in total. The van der Waals surface area contributed by atoms with Crippen LogP contribution < -0.4 is 5.32 Å². The average Bonchev–Trinajstić information content (AvgIpc) is 2.57. The van der Waals surface area contributed by atoms with Crippen LogP contribution in [0.25, 0.3) is 0 Å². The van der Waals surface area contributed by atoms with E-state index < -0.39 is 0 Å². The summed E-state index contributed by atoms with van der Waals surface area (Å²) in [6.45, 7) is 6.15. The van der Waals surface area contributed by atoms with Gasteiger partial charge in [0.15, 0.2) is 0 Å². The van der Waals surface area contributed by atoms with Gasteiger partial charge in [0.2, 0.25) is 0 Å². The molecule has 3 unspecified atom stereocenters. The van der Waals surface area contributed by atoms with Gasteiger partial charge in [-0.15, -0.1) is 0 Å². The molecule has 0 aromatic heterocycles. The summed E-state index contributed by atoms with van der Waals surface area (Å²) in [5, 5.41) is 3.60. The van der Waals surface area contributed by atoms with E-state index in [1.54, 1.807) is 0 Å². The molecule has 0 aromatic carbocycles. The molecule has 2 bridgehead atoms. The van der Waals surface area contributed by atoms with Crippen molar-refractivity contribution in [2.75, 3.05) is 0 Å². The molecule has 2 rings (SSSR count). The monoisotopic (exact) mass is 239 g/mol. The summed E-state index contributed by atoms with van der Waals surface area (Å²) in [7, 11) is 0. The van der Waals surface area contributed by atoms with Gasteiger partial charge in [-0.25, -0.2) is 0 Å². The number of ether oxygens (including phenoxy) is 1. The topological polar surface area (TPSA) is 38.3 Å². The van der Waals surface area contributed by atoms with Crippen molar-refractivity contribution in [3.8, 4) is 0 Å². The molecule has 0 saturated carbocycles. The number of carbonyl (C=O) groups is 1. The fourth-order valence-corrected chi connectivity index (χ4v) is 2.97. The average molecular weight is 239 g/mol. The number of piperidine rings is 1. The van der Waals surface area contributed by atoms with Crippen molar-refractivity contribution in [1.82, 2.24) is 5.32 Å². The van der Waals surface area contributed by atoms with Crippen LogP contribution in [0.1, 0.15) is 52.9 Å². The van der Waals surface area contributed by atoms with Gasteiger partial charge in [-0.1, -0.05) is 13.8 Å². The molecular formula is C14H25NO2. The Kier molecular flexibility index (Phi) is 4.08. The minimum Gasteiger partial charge on any atom is -0.462 e. The maximum atomic E-state index is 11.8. The van der Waals surface area contributed by atoms with E-state index in [9.17, 15) is 4.79 Å². The van der Waals surface area contributed by atoms with E-state index in [0.29, 0.717) is 30.3 Å². The Bertz CT molecular complexity index is 265. The highest BCUT2D eigenvalue weighted by Gasteiger charge is 2.34. The molecular weight excluding hydrogens is 214 g/mol.